The molecule has 8 nitrogen and oxygen atoms in total. The summed E-state index contributed by atoms with van der Waals surface area (Å²) < 4.78 is 24.6. The second-order valence-corrected chi connectivity index (χ2v) is 5.37. The molecule has 128 valence electrons. The van der Waals surface area contributed by atoms with E-state index in [9.17, 15) is 14.0 Å². The lowest BCUT2D eigenvalue weighted by molar-refractivity contribution is -0.119. The van der Waals surface area contributed by atoms with Crippen LogP contribution in [0.5, 0.6) is 0 Å². The topological polar surface area (TPSA) is 108 Å². The molecule has 1 aliphatic heterocycles. The van der Waals surface area contributed by atoms with Crippen molar-refractivity contribution in [1.82, 2.24) is 10.3 Å². The minimum absolute atomic E-state index is 0.0202. The molecule has 3 rings (SSSR count). The number of carbonyl (C=O) groups is 2. The number of carbonyl (C=O) groups excluding carboxylic acids is 2. The van der Waals surface area contributed by atoms with E-state index < -0.39 is 18.0 Å². The maximum absolute atomic E-state index is 14.4. The summed E-state index contributed by atoms with van der Waals surface area (Å²) in [4.78, 5) is 28.0. The number of hydrogen-bond donors (Lipinski definition) is 1. The zero-order valence-electron chi connectivity index (χ0n) is 13.2. The molecule has 0 radical (unpaired) electrons. The number of oxazole rings is 1. The Kier molecular flexibility index (Phi) is 4.35. The Morgan fingerprint density at radius 2 is 2.36 bits per heavy atom. The monoisotopic (exact) mass is 344 g/mol. The summed E-state index contributed by atoms with van der Waals surface area (Å²) in [5.74, 6) is -0.900. The molecule has 9 heteroatoms. The first-order valence-corrected chi connectivity index (χ1v) is 7.36. The van der Waals surface area contributed by atoms with Gasteiger partial charge in [-0.25, -0.2) is 9.18 Å². The molecule has 0 aliphatic carbocycles. The SMILES string of the molecule is CC(=O)NCC1CN(c2ccc(-c3nc(C#N)co3)c(F)c2)C(=O)O1. The number of ether oxygens (including phenoxy) is 1. The van der Waals surface area contributed by atoms with Gasteiger partial charge in [0, 0.05) is 6.92 Å². The number of halogens is 1. The molecule has 1 aromatic heterocycles. The molecule has 1 saturated heterocycles. The Hall–Kier alpha value is -3.41. The first-order chi connectivity index (χ1) is 12.0. The predicted octanol–water partition coefficient (Wildman–Crippen LogP) is 1.81. The molecule has 1 aromatic carbocycles. The summed E-state index contributed by atoms with van der Waals surface area (Å²) in [6.45, 7) is 1.74. The molecule has 1 atom stereocenters. The van der Waals surface area contributed by atoms with E-state index in [1.165, 1.54) is 24.0 Å². The van der Waals surface area contributed by atoms with Gasteiger partial charge in [0.25, 0.3) is 0 Å². The van der Waals surface area contributed by atoms with E-state index in [0.717, 1.165) is 12.3 Å². The summed E-state index contributed by atoms with van der Waals surface area (Å²) in [5.41, 5.74) is 0.429. The lowest BCUT2D eigenvalue weighted by atomic mass is 10.1. The van der Waals surface area contributed by atoms with Gasteiger partial charge in [-0.15, -0.1) is 0 Å². The molecule has 2 amide bonds. The number of hydrogen-bond acceptors (Lipinski definition) is 6. The lowest BCUT2D eigenvalue weighted by Crippen LogP contribution is -2.33. The van der Waals surface area contributed by atoms with Crippen molar-refractivity contribution in [2.45, 2.75) is 13.0 Å². The average Bonchev–Trinajstić information content (AvgIpc) is 3.19. The molecular formula is C16H13FN4O4. The second kappa shape index (κ2) is 6.60. The van der Waals surface area contributed by atoms with Crippen molar-refractivity contribution in [3.05, 3.63) is 36.0 Å². The van der Waals surface area contributed by atoms with Gasteiger partial charge in [-0.2, -0.15) is 10.2 Å². The normalized spacial score (nSPS) is 16.4. The highest BCUT2D eigenvalue weighted by atomic mass is 19.1. The number of cyclic esters (lactones) is 1. The standard InChI is InChI=1S/C16H13FN4O4/c1-9(22)19-6-12-7-21(16(23)25-12)11-2-3-13(14(17)4-11)15-20-10(5-18)8-24-15/h2-4,8,12H,6-7H2,1H3,(H,19,22). The fourth-order valence-electron chi connectivity index (χ4n) is 2.39. The van der Waals surface area contributed by atoms with Crippen LogP contribution in [0.4, 0.5) is 14.9 Å². The number of amides is 2. The van der Waals surface area contributed by atoms with Crippen LogP contribution in [0, 0.1) is 17.1 Å². The van der Waals surface area contributed by atoms with Crippen LogP contribution >= 0.6 is 0 Å². The Morgan fingerprint density at radius 3 is 3.00 bits per heavy atom. The number of nitrogens with zero attached hydrogens (tertiary/aromatic N) is 3. The molecule has 2 aromatic rings. The first kappa shape index (κ1) is 16.4. The van der Waals surface area contributed by atoms with E-state index in [1.54, 1.807) is 6.07 Å². The van der Waals surface area contributed by atoms with E-state index in [0.29, 0.717) is 5.69 Å². The van der Waals surface area contributed by atoms with E-state index in [-0.39, 0.29) is 36.1 Å². The fourth-order valence-corrected chi connectivity index (χ4v) is 2.39. The van der Waals surface area contributed by atoms with Gasteiger partial charge >= 0.3 is 6.09 Å². The van der Waals surface area contributed by atoms with Crippen LogP contribution in [0.3, 0.4) is 0 Å². The van der Waals surface area contributed by atoms with Gasteiger partial charge in [0.1, 0.15) is 24.3 Å². The molecule has 1 fully saturated rings. The highest BCUT2D eigenvalue weighted by molar-refractivity contribution is 5.90. The van der Waals surface area contributed by atoms with E-state index in [4.69, 9.17) is 14.4 Å². The van der Waals surface area contributed by atoms with Crippen LogP contribution in [-0.4, -0.2) is 36.2 Å². The average molecular weight is 344 g/mol. The van der Waals surface area contributed by atoms with Crippen molar-refractivity contribution in [3.63, 3.8) is 0 Å². The van der Waals surface area contributed by atoms with Gasteiger partial charge in [0.05, 0.1) is 24.3 Å². The Bertz CT molecular complexity index is 873. The van der Waals surface area contributed by atoms with Crippen LogP contribution in [-0.2, 0) is 9.53 Å². The summed E-state index contributed by atoms with van der Waals surface area (Å²) in [7, 11) is 0. The maximum Gasteiger partial charge on any atom is 0.414 e. The van der Waals surface area contributed by atoms with Crippen molar-refractivity contribution in [1.29, 1.82) is 5.26 Å². The van der Waals surface area contributed by atoms with Gasteiger partial charge in [0.2, 0.25) is 11.8 Å². The van der Waals surface area contributed by atoms with Crippen molar-refractivity contribution in [2.24, 2.45) is 0 Å². The number of nitrogens with one attached hydrogen (secondary N) is 1. The van der Waals surface area contributed by atoms with E-state index >= 15 is 0 Å². The first-order valence-electron chi connectivity index (χ1n) is 7.36. The van der Waals surface area contributed by atoms with Crippen molar-refractivity contribution >= 4 is 17.7 Å². The summed E-state index contributed by atoms with van der Waals surface area (Å²) in [6.07, 6.45) is 0.00195. The zero-order chi connectivity index (χ0) is 18.0. The molecule has 1 aliphatic rings. The van der Waals surface area contributed by atoms with Crippen LogP contribution in [0.25, 0.3) is 11.5 Å². The van der Waals surface area contributed by atoms with Crippen molar-refractivity contribution < 1.29 is 23.1 Å². The number of anilines is 1. The van der Waals surface area contributed by atoms with Crippen molar-refractivity contribution in [2.75, 3.05) is 18.0 Å². The Morgan fingerprint density at radius 1 is 1.56 bits per heavy atom. The summed E-state index contributed by atoms with van der Waals surface area (Å²) >= 11 is 0. The molecule has 0 saturated carbocycles. The summed E-state index contributed by atoms with van der Waals surface area (Å²) in [6, 6.07) is 5.89. The largest absolute Gasteiger partial charge is 0.443 e. The van der Waals surface area contributed by atoms with Crippen LogP contribution in [0.1, 0.15) is 12.6 Å². The molecular weight excluding hydrogens is 331 g/mol. The smallest absolute Gasteiger partial charge is 0.414 e. The molecule has 25 heavy (non-hydrogen) atoms. The lowest BCUT2D eigenvalue weighted by Gasteiger charge is -2.13. The molecule has 0 spiro atoms. The third kappa shape index (κ3) is 3.42. The van der Waals surface area contributed by atoms with E-state index in [2.05, 4.69) is 10.3 Å². The molecule has 2 heterocycles. The number of benzene rings is 1. The maximum atomic E-state index is 14.4. The third-order valence-corrected chi connectivity index (χ3v) is 3.57. The van der Waals surface area contributed by atoms with Gasteiger partial charge in [-0.1, -0.05) is 0 Å². The number of rotatable bonds is 4. The zero-order valence-corrected chi connectivity index (χ0v) is 13.2. The number of nitriles is 1. The van der Waals surface area contributed by atoms with Gasteiger partial charge in [-0.3, -0.25) is 9.69 Å². The molecule has 1 unspecified atom stereocenters. The van der Waals surface area contributed by atoms with Crippen LogP contribution in [0.2, 0.25) is 0 Å². The summed E-state index contributed by atoms with van der Waals surface area (Å²) in [5, 5.41) is 11.3. The molecule has 1 N–H and O–H groups in total. The van der Waals surface area contributed by atoms with Gasteiger partial charge < -0.3 is 14.5 Å². The van der Waals surface area contributed by atoms with Crippen molar-refractivity contribution in [3.8, 4) is 17.5 Å². The van der Waals surface area contributed by atoms with Crippen LogP contribution in [0.15, 0.2) is 28.9 Å². The Labute approximate surface area is 141 Å². The van der Waals surface area contributed by atoms with Gasteiger partial charge in [-0.05, 0) is 18.2 Å². The highest BCUT2D eigenvalue weighted by Gasteiger charge is 2.32. The third-order valence-electron chi connectivity index (χ3n) is 3.57. The number of aromatic nitrogens is 1. The quantitative estimate of drug-likeness (QED) is 0.906. The predicted molar refractivity (Wildman–Crippen MR) is 82.9 cm³/mol. The van der Waals surface area contributed by atoms with Gasteiger partial charge in [0.15, 0.2) is 5.69 Å². The Balaban J connectivity index is 1.77. The minimum atomic E-state index is -0.651. The second-order valence-electron chi connectivity index (χ2n) is 5.37. The highest BCUT2D eigenvalue weighted by Crippen LogP contribution is 2.28. The molecule has 0 bridgehead atoms. The van der Waals surface area contributed by atoms with E-state index in [1.807, 2.05) is 0 Å². The fraction of sp³-hybridized carbons (Fsp3) is 0.250. The van der Waals surface area contributed by atoms with Crippen LogP contribution < -0.4 is 10.2 Å². The minimum Gasteiger partial charge on any atom is -0.443 e.